The first-order valence-electron chi connectivity index (χ1n) is 7.97. The molecule has 3 nitrogen and oxygen atoms in total. The molecule has 2 rings (SSSR count). The minimum atomic E-state index is -0.151. The van der Waals surface area contributed by atoms with Crippen LogP contribution in [-0.2, 0) is 0 Å². The predicted octanol–water partition coefficient (Wildman–Crippen LogP) is 3.03. The second kappa shape index (κ2) is 7.23. The maximum Gasteiger partial charge on any atom is 0.123 e. The van der Waals surface area contributed by atoms with Crippen molar-refractivity contribution < 1.29 is 4.39 Å². The summed E-state index contributed by atoms with van der Waals surface area (Å²) in [7, 11) is 4.26. The van der Waals surface area contributed by atoms with E-state index in [1.54, 1.807) is 12.1 Å². The Balaban J connectivity index is 2.19. The third-order valence-electron chi connectivity index (χ3n) is 4.39. The van der Waals surface area contributed by atoms with Gasteiger partial charge in [-0.05, 0) is 64.2 Å². The van der Waals surface area contributed by atoms with Crippen LogP contribution in [0.2, 0.25) is 0 Å². The number of nitrogens with zero attached hydrogens (tertiary/aromatic N) is 2. The van der Waals surface area contributed by atoms with Crippen LogP contribution in [0.25, 0.3) is 0 Å². The molecule has 0 aromatic heterocycles. The average molecular weight is 293 g/mol. The Hall–Kier alpha value is -1.13. The van der Waals surface area contributed by atoms with E-state index in [0.29, 0.717) is 6.04 Å². The van der Waals surface area contributed by atoms with E-state index in [9.17, 15) is 4.39 Å². The first-order chi connectivity index (χ1) is 10.0. The summed E-state index contributed by atoms with van der Waals surface area (Å²) in [4.78, 5) is 4.67. The fourth-order valence-corrected chi connectivity index (χ4v) is 3.01. The lowest BCUT2D eigenvalue weighted by Crippen LogP contribution is -2.32. The van der Waals surface area contributed by atoms with Crippen molar-refractivity contribution in [2.24, 2.45) is 0 Å². The van der Waals surface area contributed by atoms with Gasteiger partial charge < -0.3 is 15.1 Å². The predicted molar refractivity (Wildman–Crippen MR) is 87.4 cm³/mol. The minimum absolute atomic E-state index is 0.151. The standard InChI is InChI=1S/C17H28FN3/c1-5-9-19-13(2)16-11-14(18)6-7-17(16)21-10-8-15(12-21)20(3)4/h6-7,11,13,15,19H,5,8-10,12H2,1-4H3. The van der Waals surface area contributed by atoms with Crippen molar-refractivity contribution in [3.05, 3.63) is 29.6 Å². The lowest BCUT2D eigenvalue weighted by Gasteiger charge is -2.26. The number of nitrogens with one attached hydrogen (secondary N) is 1. The van der Waals surface area contributed by atoms with Gasteiger partial charge >= 0.3 is 0 Å². The molecule has 21 heavy (non-hydrogen) atoms. The lowest BCUT2D eigenvalue weighted by atomic mass is 10.0. The minimum Gasteiger partial charge on any atom is -0.370 e. The number of benzene rings is 1. The Morgan fingerprint density at radius 1 is 1.43 bits per heavy atom. The van der Waals surface area contributed by atoms with Crippen molar-refractivity contribution in [1.82, 2.24) is 10.2 Å². The van der Waals surface area contributed by atoms with Gasteiger partial charge in [0.05, 0.1) is 0 Å². The van der Waals surface area contributed by atoms with Crippen LogP contribution < -0.4 is 10.2 Å². The van der Waals surface area contributed by atoms with Gasteiger partial charge in [0.15, 0.2) is 0 Å². The van der Waals surface area contributed by atoms with Crippen LogP contribution >= 0.6 is 0 Å². The normalized spacial score (nSPS) is 20.3. The summed E-state index contributed by atoms with van der Waals surface area (Å²) in [6, 6.07) is 5.96. The van der Waals surface area contributed by atoms with E-state index in [4.69, 9.17) is 0 Å². The van der Waals surface area contributed by atoms with Gasteiger partial charge in [0, 0.05) is 30.9 Å². The molecule has 0 radical (unpaired) electrons. The van der Waals surface area contributed by atoms with E-state index >= 15 is 0 Å². The molecule has 1 fully saturated rings. The molecule has 1 saturated heterocycles. The van der Waals surface area contributed by atoms with Gasteiger partial charge in [0.25, 0.3) is 0 Å². The van der Waals surface area contributed by atoms with Crippen molar-refractivity contribution >= 4 is 5.69 Å². The Bertz CT molecular complexity index is 461. The van der Waals surface area contributed by atoms with Crippen molar-refractivity contribution in [2.45, 2.75) is 38.8 Å². The van der Waals surface area contributed by atoms with Gasteiger partial charge in [0.1, 0.15) is 5.82 Å². The molecule has 1 heterocycles. The van der Waals surface area contributed by atoms with Gasteiger partial charge in [-0.15, -0.1) is 0 Å². The monoisotopic (exact) mass is 293 g/mol. The summed E-state index contributed by atoms with van der Waals surface area (Å²) in [6.07, 6.45) is 2.25. The summed E-state index contributed by atoms with van der Waals surface area (Å²) in [5.74, 6) is -0.151. The first kappa shape index (κ1) is 16.2. The largest absolute Gasteiger partial charge is 0.370 e. The second-order valence-corrected chi connectivity index (χ2v) is 6.23. The average Bonchev–Trinajstić information content (AvgIpc) is 2.94. The van der Waals surface area contributed by atoms with Crippen LogP contribution in [-0.4, -0.2) is 44.7 Å². The third-order valence-corrected chi connectivity index (χ3v) is 4.39. The molecule has 1 aromatic rings. The van der Waals surface area contributed by atoms with Gasteiger partial charge in [-0.2, -0.15) is 0 Å². The van der Waals surface area contributed by atoms with Gasteiger partial charge in [-0.3, -0.25) is 0 Å². The van der Waals surface area contributed by atoms with Crippen LogP contribution in [0.4, 0.5) is 10.1 Å². The quantitative estimate of drug-likeness (QED) is 0.870. The zero-order valence-corrected chi connectivity index (χ0v) is 13.7. The van der Waals surface area contributed by atoms with Gasteiger partial charge in [0.2, 0.25) is 0 Å². The molecule has 0 bridgehead atoms. The number of rotatable bonds is 6. The number of likely N-dealkylation sites (N-methyl/N-ethyl adjacent to an activating group) is 1. The molecule has 1 aliphatic heterocycles. The summed E-state index contributed by atoms with van der Waals surface area (Å²) < 4.78 is 13.7. The molecular weight excluding hydrogens is 265 g/mol. The maximum atomic E-state index is 13.7. The zero-order valence-electron chi connectivity index (χ0n) is 13.7. The Morgan fingerprint density at radius 3 is 2.81 bits per heavy atom. The van der Waals surface area contributed by atoms with Crippen molar-refractivity contribution in [3.63, 3.8) is 0 Å². The van der Waals surface area contributed by atoms with E-state index in [-0.39, 0.29) is 11.9 Å². The highest BCUT2D eigenvalue weighted by Crippen LogP contribution is 2.30. The molecule has 0 aliphatic carbocycles. The SMILES string of the molecule is CCCNC(C)c1cc(F)ccc1N1CCC(N(C)C)C1. The van der Waals surface area contributed by atoms with Crippen LogP contribution in [0.3, 0.4) is 0 Å². The van der Waals surface area contributed by atoms with E-state index in [1.165, 1.54) is 12.1 Å². The fraction of sp³-hybridized carbons (Fsp3) is 0.647. The summed E-state index contributed by atoms with van der Waals surface area (Å²) >= 11 is 0. The molecule has 4 heteroatoms. The molecule has 2 atom stereocenters. The van der Waals surface area contributed by atoms with Gasteiger partial charge in [-0.25, -0.2) is 4.39 Å². The molecule has 1 N–H and O–H groups in total. The van der Waals surface area contributed by atoms with Crippen LogP contribution in [0.15, 0.2) is 18.2 Å². The fourth-order valence-electron chi connectivity index (χ4n) is 3.01. The summed E-state index contributed by atoms with van der Waals surface area (Å²) in [6.45, 7) is 7.29. The van der Waals surface area contributed by atoms with Crippen molar-refractivity contribution in [2.75, 3.05) is 38.6 Å². The topological polar surface area (TPSA) is 18.5 Å². The molecule has 0 saturated carbocycles. The number of hydrogen-bond donors (Lipinski definition) is 1. The molecular formula is C17H28FN3. The second-order valence-electron chi connectivity index (χ2n) is 6.23. The van der Waals surface area contributed by atoms with E-state index in [2.05, 4.69) is 43.1 Å². The molecule has 118 valence electrons. The summed E-state index contributed by atoms with van der Waals surface area (Å²) in [5.41, 5.74) is 2.25. The first-order valence-corrected chi connectivity index (χ1v) is 7.97. The van der Waals surface area contributed by atoms with E-state index in [0.717, 1.165) is 31.6 Å². The molecule has 1 aliphatic rings. The lowest BCUT2D eigenvalue weighted by molar-refractivity contribution is 0.315. The van der Waals surface area contributed by atoms with E-state index < -0.39 is 0 Å². The molecule has 1 aromatic carbocycles. The highest BCUT2D eigenvalue weighted by atomic mass is 19.1. The van der Waals surface area contributed by atoms with Crippen LogP contribution in [0.1, 0.15) is 38.3 Å². The molecule has 2 unspecified atom stereocenters. The number of anilines is 1. The molecule has 0 amide bonds. The third kappa shape index (κ3) is 3.95. The number of hydrogen-bond acceptors (Lipinski definition) is 3. The molecule has 0 spiro atoms. The van der Waals surface area contributed by atoms with Crippen LogP contribution in [0, 0.1) is 5.82 Å². The van der Waals surface area contributed by atoms with Crippen molar-refractivity contribution in [3.8, 4) is 0 Å². The Labute approximate surface area is 128 Å². The zero-order chi connectivity index (χ0) is 15.4. The van der Waals surface area contributed by atoms with Gasteiger partial charge in [-0.1, -0.05) is 6.92 Å². The van der Waals surface area contributed by atoms with Crippen LogP contribution in [0.5, 0.6) is 0 Å². The van der Waals surface area contributed by atoms with E-state index in [1.807, 2.05) is 6.07 Å². The Kier molecular flexibility index (Phi) is 5.59. The highest BCUT2D eigenvalue weighted by Gasteiger charge is 2.26. The summed E-state index contributed by atoms with van der Waals surface area (Å²) in [5, 5.41) is 3.47. The number of halogens is 1. The Morgan fingerprint density at radius 2 is 2.19 bits per heavy atom. The maximum absolute atomic E-state index is 13.7. The van der Waals surface area contributed by atoms with Crippen molar-refractivity contribution in [1.29, 1.82) is 0 Å². The highest BCUT2D eigenvalue weighted by molar-refractivity contribution is 5.56. The smallest absolute Gasteiger partial charge is 0.123 e.